The lowest BCUT2D eigenvalue weighted by Crippen LogP contribution is -2.53. The molecule has 0 aromatic heterocycles. The molecule has 1 N–H and O–H groups in total. The summed E-state index contributed by atoms with van der Waals surface area (Å²) in [6.45, 7) is 9.09. The van der Waals surface area contributed by atoms with Crippen LogP contribution < -0.4 is 10.1 Å². The van der Waals surface area contributed by atoms with Crippen molar-refractivity contribution in [1.82, 2.24) is 15.1 Å². The molecule has 2 saturated heterocycles. The lowest BCUT2D eigenvalue weighted by Gasteiger charge is -2.42. The fraction of sp³-hybridized carbons (Fsp3) is 0.650. The number of hydrogen-bond donors (Lipinski definition) is 1. The predicted octanol–water partition coefficient (Wildman–Crippen LogP) is 1.67. The maximum absolute atomic E-state index is 11.1. The van der Waals surface area contributed by atoms with Crippen molar-refractivity contribution in [2.24, 2.45) is 0 Å². The number of carbonyl (C=O) groups is 1. The maximum atomic E-state index is 11.1. The Bertz CT molecular complexity index is 564. The summed E-state index contributed by atoms with van der Waals surface area (Å²) in [5, 5.41) is 3.45. The number of piperazine rings is 1. The zero-order chi connectivity index (χ0) is 18.4. The van der Waals surface area contributed by atoms with Crippen molar-refractivity contribution in [3.63, 3.8) is 0 Å². The number of hydrogen-bond acceptors (Lipinski definition) is 6. The minimum absolute atomic E-state index is 0.0515. The van der Waals surface area contributed by atoms with Gasteiger partial charge in [0, 0.05) is 38.3 Å². The summed E-state index contributed by atoms with van der Waals surface area (Å²) in [6, 6.07) is 9.20. The van der Waals surface area contributed by atoms with Crippen molar-refractivity contribution in [1.29, 1.82) is 0 Å². The van der Waals surface area contributed by atoms with E-state index in [2.05, 4.69) is 38.9 Å². The molecule has 2 fully saturated rings. The number of methoxy groups -OCH3 is 1. The highest BCUT2D eigenvalue weighted by atomic mass is 16.6. The highest BCUT2D eigenvalue weighted by molar-refractivity contribution is 5.70. The average molecular weight is 361 g/mol. The lowest BCUT2D eigenvalue weighted by molar-refractivity contribution is -0.142. The second-order valence-electron chi connectivity index (χ2n) is 7.16. The van der Waals surface area contributed by atoms with E-state index in [4.69, 9.17) is 4.74 Å². The molecule has 0 saturated carbocycles. The first kappa shape index (κ1) is 19.1. The van der Waals surface area contributed by atoms with Gasteiger partial charge in [0.25, 0.3) is 0 Å². The molecule has 1 atom stereocenters. The van der Waals surface area contributed by atoms with Gasteiger partial charge in [-0.05, 0) is 50.6 Å². The van der Waals surface area contributed by atoms with Gasteiger partial charge in [-0.2, -0.15) is 0 Å². The summed E-state index contributed by atoms with van der Waals surface area (Å²) in [5.74, 6) is 0.330. The van der Waals surface area contributed by atoms with Crippen LogP contribution in [-0.2, 0) is 9.53 Å². The van der Waals surface area contributed by atoms with Crippen LogP contribution in [0.1, 0.15) is 31.4 Å². The van der Waals surface area contributed by atoms with E-state index in [1.807, 2.05) is 12.1 Å². The quantitative estimate of drug-likeness (QED) is 0.778. The third-order valence-corrected chi connectivity index (χ3v) is 5.67. The molecule has 0 spiro atoms. The van der Waals surface area contributed by atoms with Gasteiger partial charge in [-0.15, -0.1) is 0 Å². The summed E-state index contributed by atoms with van der Waals surface area (Å²) in [4.78, 5) is 16.4. The molecule has 0 amide bonds. The molecular formula is C20H31N3O3. The summed E-state index contributed by atoms with van der Waals surface area (Å²) in [6.07, 6.45) is 2.56. The molecule has 1 unspecified atom stereocenters. The van der Waals surface area contributed by atoms with Crippen LogP contribution in [0.5, 0.6) is 5.75 Å². The number of piperidine rings is 1. The summed E-state index contributed by atoms with van der Waals surface area (Å²) >= 11 is 0. The van der Waals surface area contributed by atoms with E-state index in [-0.39, 0.29) is 12.6 Å². The highest BCUT2D eigenvalue weighted by Crippen LogP contribution is 2.25. The molecular weight excluding hydrogens is 330 g/mol. The van der Waals surface area contributed by atoms with Crippen LogP contribution in [0.3, 0.4) is 0 Å². The molecule has 144 valence electrons. The Morgan fingerprint density at radius 3 is 2.42 bits per heavy atom. The van der Waals surface area contributed by atoms with Gasteiger partial charge in [0.15, 0.2) is 6.61 Å². The van der Waals surface area contributed by atoms with Crippen LogP contribution in [0.4, 0.5) is 0 Å². The van der Waals surface area contributed by atoms with Crippen molar-refractivity contribution >= 4 is 5.97 Å². The second kappa shape index (κ2) is 9.35. The second-order valence-corrected chi connectivity index (χ2v) is 7.16. The monoisotopic (exact) mass is 361 g/mol. The Morgan fingerprint density at radius 1 is 1.15 bits per heavy atom. The Kier molecular flexibility index (Phi) is 6.88. The summed E-state index contributed by atoms with van der Waals surface area (Å²) in [5.41, 5.74) is 1.28. The van der Waals surface area contributed by atoms with E-state index in [1.165, 1.54) is 25.5 Å². The van der Waals surface area contributed by atoms with Gasteiger partial charge in [-0.25, -0.2) is 4.79 Å². The van der Waals surface area contributed by atoms with Crippen LogP contribution in [0.2, 0.25) is 0 Å². The molecule has 2 aliphatic heterocycles. The van der Waals surface area contributed by atoms with Crippen molar-refractivity contribution < 1.29 is 14.3 Å². The van der Waals surface area contributed by atoms with Crippen molar-refractivity contribution in [3.8, 4) is 5.75 Å². The van der Waals surface area contributed by atoms with E-state index in [9.17, 15) is 4.79 Å². The third kappa shape index (κ3) is 4.96. The minimum Gasteiger partial charge on any atom is -0.482 e. The average Bonchev–Trinajstić information content (AvgIpc) is 2.72. The smallest absolute Gasteiger partial charge is 0.343 e. The molecule has 2 heterocycles. The standard InChI is InChI=1S/C20H31N3O3/c1-16(17-3-5-19(6-4-17)26-15-20(24)25-2)22-11-13-23(14-12-22)18-7-9-21-10-8-18/h3-6,16,18,21H,7-15H2,1-2H3. The first-order valence-corrected chi connectivity index (χ1v) is 9.66. The zero-order valence-electron chi connectivity index (χ0n) is 15.9. The molecule has 6 nitrogen and oxygen atoms in total. The molecule has 6 heteroatoms. The van der Waals surface area contributed by atoms with Crippen LogP contribution in [0, 0.1) is 0 Å². The Hall–Kier alpha value is -1.63. The van der Waals surface area contributed by atoms with Gasteiger partial charge < -0.3 is 14.8 Å². The molecule has 1 aromatic rings. The van der Waals surface area contributed by atoms with Crippen molar-refractivity contribution in [2.45, 2.75) is 31.8 Å². The van der Waals surface area contributed by atoms with E-state index >= 15 is 0 Å². The van der Waals surface area contributed by atoms with Gasteiger partial charge >= 0.3 is 5.97 Å². The fourth-order valence-corrected chi connectivity index (χ4v) is 3.92. The van der Waals surface area contributed by atoms with Gasteiger partial charge in [-0.1, -0.05) is 12.1 Å². The molecule has 0 aliphatic carbocycles. The Balaban J connectivity index is 1.48. The molecule has 0 radical (unpaired) electrons. The number of ether oxygens (including phenoxy) is 2. The maximum Gasteiger partial charge on any atom is 0.343 e. The highest BCUT2D eigenvalue weighted by Gasteiger charge is 2.27. The van der Waals surface area contributed by atoms with Gasteiger partial charge in [-0.3, -0.25) is 9.80 Å². The number of nitrogens with one attached hydrogen (secondary N) is 1. The Morgan fingerprint density at radius 2 is 1.81 bits per heavy atom. The van der Waals surface area contributed by atoms with Crippen LogP contribution in [0.15, 0.2) is 24.3 Å². The molecule has 2 aliphatic rings. The predicted molar refractivity (Wildman–Crippen MR) is 101 cm³/mol. The number of benzene rings is 1. The minimum atomic E-state index is -0.367. The van der Waals surface area contributed by atoms with Crippen LogP contribution in [0.25, 0.3) is 0 Å². The molecule has 1 aromatic carbocycles. The zero-order valence-corrected chi connectivity index (χ0v) is 15.9. The first-order valence-electron chi connectivity index (χ1n) is 9.66. The van der Waals surface area contributed by atoms with Crippen LogP contribution in [-0.4, -0.2) is 74.8 Å². The summed E-state index contributed by atoms with van der Waals surface area (Å²) in [7, 11) is 1.36. The number of esters is 1. The molecule has 3 rings (SSSR count). The molecule has 26 heavy (non-hydrogen) atoms. The number of carbonyl (C=O) groups excluding carboxylic acids is 1. The van der Waals surface area contributed by atoms with Crippen LogP contribution >= 0.6 is 0 Å². The van der Waals surface area contributed by atoms with E-state index < -0.39 is 0 Å². The van der Waals surface area contributed by atoms with Gasteiger partial charge in [0.05, 0.1) is 7.11 Å². The first-order chi connectivity index (χ1) is 12.7. The lowest BCUT2D eigenvalue weighted by atomic mass is 10.0. The SMILES string of the molecule is COC(=O)COc1ccc(C(C)N2CCN(C3CCNCC3)CC2)cc1. The Labute approximate surface area is 156 Å². The topological polar surface area (TPSA) is 54.0 Å². The van der Waals surface area contributed by atoms with Gasteiger partial charge in [0.1, 0.15) is 5.75 Å². The third-order valence-electron chi connectivity index (χ3n) is 5.67. The van der Waals surface area contributed by atoms with Crippen molar-refractivity contribution in [3.05, 3.63) is 29.8 Å². The van der Waals surface area contributed by atoms with E-state index in [0.717, 1.165) is 45.3 Å². The fourth-order valence-electron chi connectivity index (χ4n) is 3.92. The number of rotatable bonds is 6. The number of nitrogens with zero attached hydrogens (tertiary/aromatic N) is 2. The van der Waals surface area contributed by atoms with E-state index in [0.29, 0.717) is 11.8 Å². The van der Waals surface area contributed by atoms with E-state index in [1.54, 1.807) is 0 Å². The van der Waals surface area contributed by atoms with Crippen molar-refractivity contribution in [2.75, 3.05) is 53.0 Å². The molecule has 0 bridgehead atoms. The summed E-state index contributed by atoms with van der Waals surface area (Å²) < 4.78 is 10.0. The normalized spacial score (nSPS) is 21.3. The van der Waals surface area contributed by atoms with Gasteiger partial charge in [0.2, 0.25) is 0 Å². The largest absolute Gasteiger partial charge is 0.482 e.